The number of nitrogens with zero attached hydrogens (tertiary/aromatic N) is 4. The maximum absolute atomic E-state index is 14.0. The number of hydrogen-bond donors (Lipinski definition) is 6. The van der Waals surface area contributed by atoms with Crippen molar-refractivity contribution in [2.24, 2.45) is 20.5 Å². The highest BCUT2D eigenvalue weighted by molar-refractivity contribution is 7.86. The van der Waals surface area contributed by atoms with Gasteiger partial charge >= 0.3 is 0 Å². The molecule has 0 aliphatic carbocycles. The number of nitrogens with two attached hydrogens (primary N) is 1. The number of azo groups is 2. The van der Waals surface area contributed by atoms with Gasteiger partial charge in [0.1, 0.15) is 37.6 Å². The van der Waals surface area contributed by atoms with Crippen molar-refractivity contribution in [1.82, 2.24) is 0 Å². The van der Waals surface area contributed by atoms with Crippen molar-refractivity contribution in [2.75, 3.05) is 5.73 Å². The third kappa shape index (κ3) is 6.95. The smallest absolute Gasteiger partial charge is 0.296 e. The number of benzene rings is 4. The summed E-state index contributed by atoms with van der Waals surface area (Å²) in [6, 6.07) is 7.15. The average molecular weight is 704 g/mol. The van der Waals surface area contributed by atoms with Crippen molar-refractivity contribution < 1.29 is 56.8 Å². The molecule has 4 rings (SSSR count). The van der Waals surface area contributed by atoms with Gasteiger partial charge in [-0.25, -0.2) is 12.8 Å². The summed E-state index contributed by atoms with van der Waals surface area (Å²) in [5.41, 5.74) is 2.62. The summed E-state index contributed by atoms with van der Waals surface area (Å²) < 4.78 is 138. The summed E-state index contributed by atoms with van der Waals surface area (Å²) in [7, 11) is -18.5. The van der Waals surface area contributed by atoms with Crippen LogP contribution in [0.5, 0.6) is 5.75 Å². The van der Waals surface area contributed by atoms with E-state index in [2.05, 4.69) is 20.5 Å². The highest BCUT2D eigenvalue weighted by atomic mass is 32.2. The molecular weight excluding hydrogens is 686 g/mol. The van der Waals surface area contributed by atoms with Gasteiger partial charge in [-0.2, -0.15) is 30.4 Å². The highest BCUT2D eigenvalue weighted by Crippen LogP contribution is 2.48. The lowest BCUT2D eigenvalue weighted by atomic mass is 10.1. The zero-order valence-corrected chi connectivity index (χ0v) is 25.4. The Hall–Kier alpha value is -4.45. The molecule has 0 aliphatic heterocycles. The molecule has 0 fully saturated rings. The van der Waals surface area contributed by atoms with Crippen molar-refractivity contribution in [2.45, 2.75) is 26.5 Å². The number of aryl methyl sites for hydroxylation is 1. The summed E-state index contributed by atoms with van der Waals surface area (Å²) in [5, 5.41) is 24.5. The minimum Gasteiger partial charge on any atom is -0.505 e. The quantitative estimate of drug-likeness (QED) is 0.0652. The van der Waals surface area contributed by atoms with Gasteiger partial charge in [0.05, 0.1) is 21.7 Å². The van der Waals surface area contributed by atoms with Crippen LogP contribution in [0.2, 0.25) is 0 Å². The molecule has 0 aromatic heterocycles. The summed E-state index contributed by atoms with van der Waals surface area (Å²) in [4.78, 5) is -3.38. The van der Waals surface area contributed by atoms with Gasteiger partial charge in [-0.05, 0) is 66.4 Å². The monoisotopic (exact) mass is 703 g/mol. The van der Waals surface area contributed by atoms with Gasteiger partial charge < -0.3 is 10.8 Å². The lowest BCUT2D eigenvalue weighted by Gasteiger charge is -2.14. The van der Waals surface area contributed by atoms with Crippen molar-refractivity contribution in [3.63, 3.8) is 0 Å². The predicted octanol–water partition coefficient (Wildman–Crippen LogP) is 4.12. The number of anilines is 1. The first-order chi connectivity index (χ1) is 20.7. The Morgan fingerprint density at radius 2 is 1.24 bits per heavy atom. The van der Waals surface area contributed by atoms with Crippen LogP contribution < -0.4 is 5.73 Å². The first kappa shape index (κ1) is 33.4. The second-order valence-electron chi connectivity index (χ2n) is 8.97. The minimum atomic E-state index is -5.31. The van der Waals surface area contributed by atoms with E-state index < -0.39 is 101 Å². The summed E-state index contributed by atoms with van der Waals surface area (Å²) >= 11 is 0. The number of aromatic hydroxyl groups is 1. The number of hydrogen-bond acceptors (Lipinski definition) is 14. The molecule has 45 heavy (non-hydrogen) atoms. The number of fused-ring (bicyclic) bond motifs is 1. The number of phenolic OH excluding ortho intramolecular Hbond substituents is 1. The van der Waals surface area contributed by atoms with E-state index in [-0.39, 0.29) is 16.1 Å². The average Bonchev–Trinajstić information content (AvgIpc) is 2.91. The Bertz CT molecular complexity index is 2370. The second kappa shape index (κ2) is 11.8. The van der Waals surface area contributed by atoms with Crippen molar-refractivity contribution in [3.05, 3.63) is 59.9 Å². The molecule has 0 saturated carbocycles. The molecule has 0 aliphatic rings. The SMILES string of the molecule is Cc1cc(/N=N/c2c(S(=O)(=O)O)cc3cc(S(=O)(=O)O)c(/N=N/c4ccc([SH](=O)=O)cc4)c(N)c3c2O)c(S(=O)(=O)O)cc1F. The Morgan fingerprint density at radius 3 is 1.76 bits per heavy atom. The third-order valence-corrected chi connectivity index (χ3v) is 9.31. The minimum absolute atomic E-state index is 0.0129. The van der Waals surface area contributed by atoms with Gasteiger partial charge in [-0.15, -0.1) is 15.3 Å². The molecule has 0 bridgehead atoms. The summed E-state index contributed by atoms with van der Waals surface area (Å²) in [6.45, 7) is 1.20. The topological polar surface area (TPSA) is 293 Å². The fraction of sp³-hybridized carbons (Fsp3) is 0.0435. The zero-order chi connectivity index (χ0) is 33.6. The van der Waals surface area contributed by atoms with Crippen LogP contribution in [-0.4, -0.2) is 52.4 Å². The number of halogens is 1. The van der Waals surface area contributed by atoms with Gasteiger partial charge in [0.15, 0.2) is 16.5 Å². The molecule has 0 radical (unpaired) electrons. The van der Waals surface area contributed by atoms with Crippen LogP contribution in [0.4, 0.5) is 32.8 Å². The molecular formula is C23H18FN5O12S4. The van der Waals surface area contributed by atoms with Gasteiger partial charge in [-0.3, -0.25) is 13.7 Å². The molecule has 0 atom stereocenters. The van der Waals surface area contributed by atoms with Gasteiger partial charge in [0.25, 0.3) is 30.4 Å². The van der Waals surface area contributed by atoms with Crippen LogP contribution in [0, 0.1) is 12.7 Å². The molecule has 4 aromatic rings. The maximum atomic E-state index is 14.0. The number of nitrogen functional groups attached to an aromatic ring is 1. The molecule has 0 amide bonds. The lowest BCUT2D eigenvalue weighted by Crippen LogP contribution is -2.04. The van der Waals surface area contributed by atoms with E-state index in [4.69, 9.17) is 5.73 Å². The van der Waals surface area contributed by atoms with E-state index in [0.29, 0.717) is 18.2 Å². The maximum Gasteiger partial charge on any atom is 0.296 e. The molecule has 238 valence electrons. The molecule has 0 saturated heterocycles. The standard InChI is InChI=1S/C23H18FN5O12S4/c1-10-6-15(16(9-14(10)24)43(33,34)35)27-29-22-18(45(39,40)41)8-11-7-17(44(36,37)38)21(20(25)19(11)23(22)30)28-26-12-2-4-13(5-3-12)42(31)32/h2-9,30,42H,25H2,1H3,(H,33,34,35)(H,36,37,38)(H,39,40,41)/b28-26+,29-27+. The molecule has 0 unspecified atom stereocenters. The van der Waals surface area contributed by atoms with E-state index in [0.717, 1.165) is 18.2 Å². The number of thiol groups is 1. The van der Waals surface area contributed by atoms with Crippen LogP contribution >= 0.6 is 0 Å². The third-order valence-electron chi connectivity index (χ3n) is 5.97. The van der Waals surface area contributed by atoms with Crippen LogP contribution in [0.3, 0.4) is 0 Å². The first-order valence-electron chi connectivity index (χ1n) is 11.6. The fourth-order valence-electron chi connectivity index (χ4n) is 3.89. The summed E-state index contributed by atoms with van der Waals surface area (Å²) in [5.74, 6) is -2.23. The predicted molar refractivity (Wildman–Crippen MR) is 154 cm³/mol. The van der Waals surface area contributed by atoms with Gasteiger partial charge in [0, 0.05) is 0 Å². The number of phenols is 1. The lowest BCUT2D eigenvalue weighted by molar-refractivity contribution is 0.472. The molecule has 17 nitrogen and oxygen atoms in total. The molecule has 4 aromatic carbocycles. The molecule has 22 heteroatoms. The second-order valence-corrected chi connectivity index (χ2v) is 14.2. The van der Waals surface area contributed by atoms with Crippen LogP contribution in [0.25, 0.3) is 10.8 Å². The first-order valence-corrected chi connectivity index (χ1v) is 17.1. The van der Waals surface area contributed by atoms with Crippen molar-refractivity contribution in [1.29, 1.82) is 0 Å². The summed E-state index contributed by atoms with van der Waals surface area (Å²) in [6.07, 6.45) is 0. The van der Waals surface area contributed by atoms with E-state index in [9.17, 15) is 56.8 Å². The zero-order valence-electron chi connectivity index (χ0n) is 22.1. The highest BCUT2D eigenvalue weighted by Gasteiger charge is 2.28. The normalized spacial score (nSPS) is 13.0. The molecule has 0 spiro atoms. The van der Waals surface area contributed by atoms with E-state index in [1.807, 2.05) is 0 Å². The fourth-order valence-corrected chi connectivity index (χ4v) is 6.23. The Kier molecular flexibility index (Phi) is 8.78. The van der Waals surface area contributed by atoms with Crippen molar-refractivity contribution in [3.8, 4) is 5.75 Å². The van der Waals surface area contributed by atoms with Gasteiger partial charge in [0.2, 0.25) is 0 Å². The van der Waals surface area contributed by atoms with Gasteiger partial charge in [-0.1, -0.05) is 0 Å². The van der Waals surface area contributed by atoms with E-state index in [1.54, 1.807) is 0 Å². The Morgan fingerprint density at radius 1 is 0.733 bits per heavy atom. The molecule has 0 heterocycles. The van der Waals surface area contributed by atoms with Crippen molar-refractivity contribution >= 4 is 80.3 Å². The molecule has 6 N–H and O–H groups in total. The van der Waals surface area contributed by atoms with Crippen LogP contribution in [-0.2, 0) is 41.1 Å². The van der Waals surface area contributed by atoms with E-state index >= 15 is 0 Å². The Labute approximate surface area is 254 Å². The van der Waals surface area contributed by atoms with E-state index in [1.165, 1.54) is 19.1 Å². The largest absolute Gasteiger partial charge is 0.505 e. The van der Waals surface area contributed by atoms with Crippen LogP contribution in [0.15, 0.2) is 88.6 Å². The Balaban J connectivity index is 2.03. The van der Waals surface area contributed by atoms with Crippen LogP contribution in [0.1, 0.15) is 5.56 Å². The number of rotatable bonds is 8.